The third kappa shape index (κ3) is 6.49. The van der Waals surface area contributed by atoms with Gasteiger partial charge in [0.2, 0.25) is 5.91 Å². The van der Waals surface area contributed by atoms with Gasteiger partial charge in [0.05, 0.1) is 16.8 Å². The van der Waals surface area contributed by atoms with Gasteiger partial charge in [-0.25, -0.2) is 9.78 Å². The smallest absolute Gasteiger partial charge is 0.416 e. The number of pyridine rings is 1. The van der Waals surface area contributed by atoms with E-state index in [1.807, 2.05) is 0 Å². The van der Waals surface area contributed by atoms with E-state index in [0.29, 0.717) is 6.07 Å². The van der Waals surface area contributed by atoms with Crippen LogP contribution >= 0.6 is 0 Å². The second kappa shape index (κ2) is 7.15. The average molecular weight is 376 g/mol. The molecular weight excluding hydrogens is 353 g/mol. The van der Waals surface area contributed by atoms with Crippen molar-refractivity contribution in [3.63, 3.8) is 0 Å². The number of nitrogens with zero attached hydrogens (tertiary/aromatic N) is 1. The number of alkyl halides is 3. The second-order valence-corrected chi connectivity index (χ2v) is 13.3. The number of nitrogens with one attached hydrogen (secondary N) is 1. The van der Waals surface area contributed by atoms with Crippen LogP contribution in [0.3, 0.4) is 0 Å². The molecule has 1 rings (SSSR count). The van der Waals surface area contributed by atoms with E-state index in [1.165, 1.54) is 13.8 Å². The van der Waals surface area contributed by atoms with Crippen molar-refractivity contribution in [3.05, 3.63) is 29.1 Å². The maximum atomic E-state index is 13.0. The molecule has 0 fully saturated rings. The van der Waals surface area contributed by atoms with Gasteiger partial charge in [-0.15, -0.1) is 0 Å². The summed E-state index contributed by atoms with van der Waals surface area (Å²) in [5.74, 6) is -1.86. The largest absolute Gasteiger partial charge is 0.477 e. The number of carboxylic acid groups (broad SMARTS) is 1. The van der Waals surface area contributed by atoms with Crippen molar-refractivity contribution < 1.29 is 27.9 Å². The zero-order valence-corrected chi connectivity index (χ0v) is 15.9. The molecule has 5 nitrogen and oxygen atoms in total. The lowest BCUT2D eigenvalue weighted by Crippen LogP contribution is -2.42. The minimum Gasteiger partial charge on any atom is -0.477 e. The summed E-state index contributed by atoms with van der Waals surface area (Å²) in [6, 6.07) is 1.99. The van der Waals surface area contributed by atoms with Gasteiger partial charge >= 0.3 is 12.1 Å². The first-order chi connectivity index (χ1) is 11.1. The molecule has 0 unspecified atom stereocenters. The van der Waals surface area contributed by atoms with Gasteiger partial charge in [0, 0.05) is 14.5 Å². The number of aromatic nitrogens is 1. The lowest BCUT2D eigenvalue weighted by molar-refractivity contribution is -0.137. The molecule has 0 bridgehead atoms. The molecule has 0 saturated carbocycles. The predicted molar refractivity (Wildman–Crippen MR) is 90.1 cm³/mol. The van der Waals surface area contributed by atoms with Crippen LogP contribution in [0.4, 0.5) is 13.2 Å². The molecule has 1 heterocycles. The first-order valence-electron chi connectivity index (χ1n) is 7.76. The summed E-state index contributed by atoms with van der Waals surface area (Å²) < 4.78 is 39.0. The van der Waals surface area contributed by atoms with Crippen molar-refractivity contribution in [2.45, 2.75) is 57.7 Å². The van der Waals surface area contributed by atoms with Crippen LogP contribution in [0.15, 0.2) is 12.1 Å². The molecule has 1 amide bonds. The maximum absolute atomic E-state index is 13.0. The van der Waals surface area contributed by atoms with Gasteiger partial charge in [0.25, 0.3) is 0 Å². The third-order valence-electron chi connectivity index (χ3n) is 3.57. The Morgan fingerprint density at radius 1 is 1.20 bits per heavy atom. The Bertz CT molecular complexity index is 668. The highest BCUT2D eigenvalue weighted by atomic mass is 28.3. The van der Waals surface area contributed by atoms with E-state index in [2.05, 4.69) is 29.9 Å². The summed E-state index contributed by atoms with van der Waals surface area (Å²) in [6.07, 6.45) is -4.44. The van der Waals surface area contributed by atoms with Crippen molar-refractivity contribution >= 4 is 20.0 Å². The first-order valence-corrected chi connectivity index (χ1v) is 11.5. The lowest BCUT2D eigenvalue weighted by Gasteiger charge is -2.27. The number of hydrogen-bond acceptors (Lipinski definition) is 3. The predicted octanol–water partition coefficient (Wildman–Crippen LogP) is 3.88. The number of aromatic carboxylic acids is 1. The van der Waals surface area contributed by atoms with Crippen molar-refractivity contribution in [3.8, 4) is 0 Å². The van der Waals surface area contributed by atoms with Gasteiger partial charge in [-0.3, -0.25) is 4.79 Å². The van der Waals surface area contributed by atoms with Crippen LogP contribution in [0, 0.1) is 0 Å². The van der Waals surface area contributed by atoms with E-state index in [0.717, 1.165) is 12.1 Å². The van der Waals surface area contributed by atoms with Crippen molar-refractivity contribution in [2.75, 3.05) is 0 Å². The lowest BCUT2D eigenvalue weighted by atomic mass is 9.97. The van der Waals surface area contributed by atoms with Crippen LogP contribution < -0.4 is 5.32 Å². The van der Waals surface area contributed by atoms with Gasteiger partial charge in [0.1, 0.15) is 5.69 Å². The fraction of sp³-hybridized carbons (Fsp3) is 0.562. The average Bonchev–Trinajstić information content (AvgIpc) is 2.42. The zero-order valence-electron chi connectivity index (χ0n) is 14.9. The molecule has 0 spiro atoms. The Hall–Kier alpha value is -1.90. The summed E-state index contributed by atoms with van der Waals surface area (Å²) >= 11 is 0. The van der Waals surface area contributed by atoms with Gasteiger partial charge in [0.15, 0.2) is 0 Å². The van der Waals surface area contributed by atoms with Crippen LogP contribution in [-0.4, -0.2) is 30.0 Å². The number of halogens is 3. The van der Waals surface area contributed by atoms with Gasteiger partial charge in [-0.1, -0.05) is 19.6 Å². The van der Waals surface area contributed by atoms with E-state index in [1.54, 1.807) is 0 Å². The molecule has 0 aromatic carbocycles. The Morgan fingerprint density at radius 3 is 2.20 bits per heavy atom. The molecule has 0 atom stereocenters. The Balaban J connectivity index is 3.13. The van der Waals surface area contributed by atoms with Crippen LogP contribution in [0.1, 0.15) is 42.0 Å². The molecule has 0 aliphatic rings. The molecule has 140 valence electrons. The van der Waals surface area contributed by atoms with E-state index in [4.69, 9.17) is 5.11 Å². The Kier molecular flexibility index (Phi) is 6.04. The van der Waals surface area contributed by atoms with Crippen LogP contribution in [0.2, 0.25) is 25.7 Å². The minimum atomic E-state index is -4.71. The third-order valence-corrected chi connectivity index (χ3v) is 5.32. The molecule has 0 aliphatic heterocycles. The minimum absolute atomic E-state index is 0.152. The first kappa shape index (κ1) is 21.1. The molecule has 0 radical (unpaired) electrons. The van der Waals surface area contributed by atoms with Crippen LogP contribution in [0.5, 0.6) is 0 Å². The monoisotopic (exact) mass is 376 g/mol. The normalized spacial score (nSPS) is 12.8. The Morgan fingerprint density at radius 2 is 1.76 bits per heavy atom. The van der Waals surface area contributed by atoms with Gasteiger partial charge < -0.3 is 10.4 Å². The molecule has 0 saturated heterocycles. The Labute approximate surface area is 145 Å². The highest BCUT2D eigenvalue weighted by molar-refractivity contribution is 6.76. The maximum Gasteiger partial charge on any atom is 0.416 e. The summed E-state index contributed by atoms with van der Waals surface area (Å²) in [6.45, 7) is 9.32. The highest BCUT2D eigenvalue weighted by Crippen LogP contribution is 2.32. The molecule has 9 heteroatoms. The molecular formula is C16H23F3N2O3Si. The number of carbonyl (C=O) groups is 2. The van der Waals surface area contributed by atoms with Crippen molar-refractivity contribution in [2.24, 2.45) is 0 Å². The fourth-order valence-electron chi connectivity index (χ4n) is 2.09. The zero-order chi connectivity index (χ0) is 19.6. The molecule has 0 aliphatic carbocycles. The van der Waals surface area contributed by atoms with Gasteiger partial charge in [-0.05, 0) is 32.0 Å². The van der Waals surface area contributed by atoms with E-state index in [9.17, 15) is 22.8 Å². The standard InChI is InChI=1S/C16H23F3N2O3Si/c1-15(2,21-13(22)6-7-25(3,4)5)12-9-10(16(17,18)19)8-11(20-12)14(23)24/h8-9H,6-7H2,1-5H3,(H,21,22)(H,23,24). The number of hydrogen-bond donors (Lipinski definition) is 2. The SMILES string of the molecule is CC(C)(NC(=O)CC[Si](C)(C)C)c1cc(C(F)(F)F)cc(C(=O)O)n1. The second-order valence-electron chi connectivity index (χ2n) is 7.66. The van der Waals surface area contributed by atoms with Crippen molar-refractivity contribution in [1.82, 2.24) is 10.3 Å². The molecule has 1 aromatic rings. The number of rotatable bonds is 6. The van der Waals surface area contributed by atoms with E-state index < -0.39 is 37.0 Å². The summed E-state index contributed by atoms with van der Waals surface area (Å²) in [5.41, 5.74) is -3.21. The summed E-state index contributed by atoms with van der Waals surface area (Å²) in [7, 11) is -1.44. The van der Waals surface area contributed by atoms with Crippen LogP contribution in [0.25, 0.3) is 0 Å². The highest BCUT2D eigenvalue weighted by Gasteiger charge is 2.35. The molecule has 25 heavy (non-hydrogen) atoms. The summed E-state index contributed by atoms with van der Waals surface area (Å²) in [4.78, 5) is 27.0. The van der Waals surface area contributed by atoms with E-state index in [-0.39, 0.29) is 18.0 Å². The van der Waals surface area contributed by atoms with Crippen LogP contribution in [-0.2, 0) is 16.5 Å². The molecule has 1 aromatic heterocycles. The number of amides is 1. The van der Waals surface area contributed by atoms with Gasteiger partial charge in [-0.2, -0.15) is 13.2 Å². The number of carbonyl (C=O) groups excluding carboxylic acids is 1. The topological polar surface area (TPSA) is 79.3 Å². The summed E-state index contributed by atoms with van der Waals surface area (Å²) in [5, 5.41) is 11.7. The molecule has 2 N–H and O–H groups in total. The number of carboxylic acids is 1. The van der Waals surface area contributed by atoms with E-state index >= 15 is 0 Å². The quantitative estimate of drug-likeness (QED) is 0.739. The van der Waals surface area contributed by atoms with Crippen molar-refractivity contribution in [1.29, 1.82) is 0 Å². The fourth-order valence-corrected chi connectivity index (χ4v) is 3.06.